The van der Waals surface area contributed by atoms with Gasteiger partial charge in [-0.05, 0) is 48.4 Å². The third-order valence-corrected chi connectivity index (χ3v) is 6.83. The monoisotopic (exact) mass is 520 g/mol. The second-order valence-corrected chi connectivity index (χ2v) is 9.51. The number of rotatable bonds is 4. The van der Waals surface area contributed by atoms with Crippen molar-refractivity contribution in [3.05, 3.63) is 99.8 Å². The number of aryl methyl sites for hydroxylation is 1. The smallest absolute Gasteiger partial charge is 0.326 e. The number of halogens is 2. The molecule has 2 atom stereocenters. The van der Waals surface area contributed by atoms with Gasteiger partial charge in [0, 0.05) is 18.1 Å². The van der Waals surface area contributed by atoms with Gasteiger partial charge in [0.25, 0.3) is 0 Å². The highest BCUT2D eigenvalue weighted by Crippen LogP contribution is 2.45. The molecule has 37 heavy (non-hydrogen) atoms. The summed E-state index contributed by atoms with van der Waals surface area (Å²) in [6.07, 6.45) is 0. The summed E-state index contributed by atoms with van der Waals surface area (Å²) >= 11 is 6.17. The normalized spacial score (nSPS) is 19.5. The molecule has 0 spiro atoms. The van der Waals surface area contributed by atoms with E-state index in [1.807, 2.05) is 43.3 Å². The molecule has 2 aliphatic heterocycles. The summed E-state index contributed by atoms with van der Waals surface area (Å²) in [6, 6.07) is 17.9. The minimum atomic E-state index is -0.554. The number of ether oxygens (including phenoxy) is 1. The number of urea groups is 1. The third kappa shape index (κ3) is 4.89. The number of carbonyl (C=O) groups is 2. The molecule has 1 fully saturated rings. The fourth-order valence-corrected chi connectivity index (χ4v) is 4.98. The Morgan fingerprint density at radius 3 is 2.59 bits per heavy atom. The number of nitrogens with zero attached hydrogens (tertiary/aromatic N) is 3. The van der Waals surface area contributed by atoms with Crippen molar-refractivity contribution in [3.63, 3.8) is 0 Å². The molecule has 3 amide bonds. The van der Waals surface area contributed by atoms with Crippen molar-refractivity contribution >= 4 is 29.4 Å². The number of aliphatic imine (C=N–C) groups is 1. The van der Waals surface area contributed by atoms with Gasteiger partial charge in [0.15, 0.2) is 0 Å². The van der Waals surface area contributed by atoms with Crippen LogP contribution in [-0.2, 0) is 4.79 Å². The average Bonchev–Trinajstić information content (AvgIpc) is 3.29. The Morgan fingerprint density at radius 2 is 1.89 bits per heavy atom. The molecule has 3 aromatic carbocycles. The van der Waals surface area contributed by atoms with Crippen molar-refractivity contribution in [2.24, 2.45) is 4.99 Å². The molecule has 0 bridgehead atoms. The molecule has 2 heterocycles. The molecule has 2 aliphatic rings. The van der Waals surface area contributed by atoms with Gasteiger partial charge in [0.2, 0.25) is 5.91 Å². The van der Waals surface area contributed by atoms with Crippen molar-refractivity contribution in [2.45, 2.75) is 19.0 Å². The molecule has 2 unspecified atom stereocenters. The number of nitrogens with one attached hydrogen (secondary N) is 1. The van der Waals surface area contributed by atoms with E-state index in [1.54, 1.807) is 17.0 Å². The number of hydrogen-bond donors (Lipinski definition) is 1. The SMILES string of the molecule is COc1ccc(F)cc1C1=NC(c2ccc(Cl)cc2)C(c2cccc(C)c2)N1C(=O)N1CCNC(=O)C1. The molecule has 1 saturated heterocycles. The van der Waals surface area contributed by atoms with E-state index in [2.05, 4.69) is 5.32 Å². The number of amidine groups is 1. The predicted octanol–water partition coefficient (Wildman–Crippen LogP) is 4.89. The molecule has 0 radical (unpaired) electrons. The zero-order valence-corrected chi connectivity index (χ0v) is 21.2. The van der Waals surface area contributed by atoms with E-state index in [4.69, 9.17) is 21.3 Å². The summed E-state index contributed by atoms with van der Waals surface area (Å²) in [7, 11) is 1.49. The Kier molecular flexibility index (Phi) is 6.84. The van der Waals surface area contributed by atoms with Crippen molar-refractivity contribution in [1.29, 1.82) is 0 Å². The van der Waals surface area contributed by atoms with Crippen molar-refractivity contribution in [3.8, 4) is 5.75 Å². The van der Waals surface area contributed by atoms with E-state index < -0.39 is 17.9 Å². The summed E-state index contributed by atoms with van der Waals surface area (Å²) in [5.74, 6) is -0.0554. The van der Waals surface area contributed by atoms with Gasteiger partial charge in [0.05, 0.1) is 18.7 Å². The van der Waals surface area contributed by atoms with Crippen molar-refractivity contribution < 1.29 is 18.7 Å². The summed E-state index contributed by atoms with van der Waals surface area (Å²) in [5.41, 5.74) is 3.08. The van der Waals surface area contributed by atoms with Crippen LogP contribution < -0.4 is 10.1 Å². The number of methoxy groups -OCH3 is 1. The lowest BCUT2D eigenvalue weighted by Crippen LogP contribution is -2.55. The second kappa shape index (κ2) is 10.2. The Hall–Kier alpha value is -3.91. The largest absolute Gasteiger partial charge is 0.496 e. The van der Waals surface area contributed by atoms with Crippen LogP contribution in [0.5, 0.6) is 5.75 Å². The quantitative estimate of drug-likeness (QED) is 0.532. The van der Waals surface area contributed by atoms with E-state index in [-0.39, 0.29) is 24.3 Å². The highest BCUT2D eigenvalue weighted by Gasteiger charge is 2.45. The van der Waals surface area contributed by atoms with Crippen LogP contribution in [-0.4, -0.2) is 54.3 Å². The van der Waals surface area contributed by atoms with Gasteiger partial charge in [-0.2, -0.15) is 0 Å². The van der Waals surface area contributed by atoms with Crippen LogP contribution >= 0.6 is 11.6 Å². The standard InChI is InChI=1S/C28H26ClFN4O3/c1-17-4-3-5-19(14-17)26-25(18-6-8-20(29)9-7-18)32-27(22-15-21(30)10-11-23(22)37-2)34(26)28(36)33-13-12-31-24(35)16-33/h3-11,14-15,25-26H,12-13,16H2,1-2H3,(H,31,35). The van der Waals surface area contributed by atoms with Crippen LogP contribution in [0.4, 0.5) is 9.18 Å². The number of amides is 3. The van der Waals surface area contributed by atoms with Gasteiger partial charge in [-0.1, -0.05) is 53.6 Å². The van der Waals surface area contributed by atoms with Crippen LogP contribution in [0.2, 0.25) is 5.02 Å². The summed E-state index contributed by atoms with van der Waals surface area (Å²) in [4.78, 5) is 34.4. The maximum atomic E-state index is 14.5. The molecular weight excluding hydrogens is 495 g/mol. The zero-order valence-electron chi connectivity index (χ0n) is 20.4. The Bertz CT molecular complexity index is 1380. The van der Waals surface area contributed by atoms with Crippen LogP contribution in [0.25, 0.3) is 0 Å². The van der Waals surface area contributed by atoms with Gasteiger partial charge in [-0.25, -0.2) is 9.18 Å². The number of piperazine rings is 1. The van der Waals surface area contributed by atoms with Crippen LogP contribution in [0.1, 0.15) is 34.3 Å². The molecule has 3 aromatic rings. The first-order valence-electron chi connectivity index (χ1n) is 11.9. The van der Waals surface area contributed by atoms with Crippen LogP contribution in [0.15, 0.2) is 71.7 Å². The fraction of sp³-hybridized carbons (Fsp3) is 0.250. The Balaban J connectivity index is 1.71. The second-order valence-electron chi connectivity index (χ2n) is 9.08. The fourth-order valence-electron chi connectivity index (χ4n) is 4.86. The molecule has 5 rings (SSSR count). The van der Waals surface area contributed by atoms with E-state index in [1.165, 1.54) is 30.2 Å². The maximum absolute atomic E-state index is 14.5. The van der Waals surface area contributed by atoms with E-state index in [0.717, 1.165) is 16.7 Å². The predicted molar refractivity (Wildman–Crippen MR) is 139 cm³/mol. The molecule has 190 valence electrons. The number of hydrogen-bond acceptors (Lipinski definition) is 4. The molecule has 7 nitrogen and oxygen atoms in total. The van der Waals surface area contributed by atoms with Crippen molar-refractivity contribution in [1.82, 2.24) is 15.1 Å². The Morgan fingerprint density at radius 1 is 1.11 bits per heavy atom. The van der Waals surface area contributed by atoms with Gasteiger partial charge < -0.3 is 15.0 Å². The Labute approximate surface area is 219 Å². The first-order valence-corrected chi connectivity index (χ1v) is 12.3. The van der Waals surface area contributed by atoms with E-state index in [9.17, 15) is 14.0 Å². The molecule has 0 aliphatic carbocycles. The van der Waals surface area contributed by atoms with Gasteiger partial charge in [0.1, 0.15) is 30.0 Å². The van der Waals surface area contributed by atoms with Crippen molar-refractivity contribution in [2.75, 3.05) is 26.7 Å². The number of carbonyl (C=O) groups excluding carboxylic acids is 2. The summed E-state index contributed by atoms with van der Waals surface area (Å²) in [6.45, 7) is 2.61. The highest BCUT2D eigenvalue weighted by molar-refractivity contribution is 6.30. The van der Waals surface area contributed by atoms with Gasteiger partial charge in [-0.3, -0.25) is 14.7 Å². The van der Waals surface area contributed by atoms with Crippen LogP contribution in [0.3, 0.4) is 0 Å². The first kappa shape index (κ1) is 24.8. The first-order chi connectivity index (χ1) is 17.9. The zero-order chi connectivity index (χ0) is 26.1. The lowest BCUT2D eigenvalue weighted by Gasteiger charge is -2.35. The topological polar surface area (TPSA) is 74.2 Å². The average molecular weight is 521 g/mol. The van der Waals surface area contributed by atoms with Gasteiger partial charge in [-0.15, -0.1) is 0 Å². The minimum absolute atomic E-state index is 0.0744. The minimum Gasteiger partial charge on any atom is -0.496 e. The third-order valence-electron chi connectivity index (χ3n) is 6.58. The van der Waals surface area contributed by atoms with E-state index in [0.29, 0.717) is 29.4 Å². The maximum Gasteiger partial charge on any atom is 0.326 e. The highest BCUT2D eigenvalue weighted by atomic mass is 35.5. The lowest BCUT2D eigenvalue weighted by atomic mass is 9.93. The molecule has 9 heteroatoms. The molecule has 0 aromatic heterocycles. The molecule has 1 N–H and O–H groups in total. The van der Waals surface area contributed by atoms with Gasteiger partial charge >= 0.3 is 6.03 Å². The lowest BCUT2D eigenvalue weighted by molar-refractivity contribution is -0.123. The van der Waals surface area contributed by atoms with E-state index >= 15 is 0 Å². The summed E-state index contributed by atoms with van der Waals surface area (Å²) in [5, 5.41) is 3.33. The molecular formula is C28H26ClFN4O3. The number of benzene rings is 3. The summed E-state index contributed by atoms with van der Waals surface area (Å²) < 4.78 is 20.1. The van der Waals surface area contributed by atoms with Crippen LogP contribution in [0, 0.1) is 12.7 Å². The molecule has 0 saturated carbocycles.